The third kappa shape index (κ3) is 4.80. The predicted molar refractivity (Wildman–Crippen MR) is 98.8 cm³/mol. The number of ether oxygens (including phenoxy) is 2. The standard InChI is InChI=1S/C18H19F3N2O5S/c1-3-28-16(24)17(18(19,20)21,22-14-11-7-8-12-15(14)27-2)23-29(25,26)13-9-5-4-6-10-13/h4-12,22-23H,3H2,1-2H3. The highest BCUT2D eigenvalue weighted by Gasteiger charge is 2.64. The number of benzene rings is 2. The molecule has 1 unspecified atom stereocenters. The van der Waals surface area contributed by atoms with Gasteiger partial charge in [0.1, 0.15) is 5.75 Å². The highest BCUT2D eigenvalue weighted by Crippen LogP contribution is 2.37. The van der Waals surface area contributed by atoms with Crippen molar-refractivity contribution in [1.29, 1.82) is 0 Å². The van der Waals surface area contributed by atoms with Gasteiger partial charge in [-0.2, -0.15) is 17.9 Å². The number of carbonyl (C=O) groups is 1. The van der Waals surface area contributed by atoms with Gasteiger partial charge in [-0.25, -0.2) is 13.2 Å². The SMILES string of the molecule is CCOC(=O)C(Nc1ccccc1OC)(NS(=O)(=O)c1ccccc1)C(F)(F)F. The molecular formula is C18H19F3N2O5S. The molecular weight excluding hydrogens is 413 g/mol. The van der Waals surface area contributed by atoms with Crippen molar-refractivity contribution >= 4 is 21.7 Å². The number of alkyl halides is 3. The van der Waals surface area contributed by atoms with E-state index in [1.165, 1.54) is 61.2 Å². The summed E-state index contributed by atoms with van der Waals surface area (Å²) >= 11 is 0. The van der Waals surface area contributed by atoms with Crippen LogP contribution in [0.4, 0.5) is 18.9 Å². The maximum absolute atomic E-state index is 14.2. The number of hydrogen-bond donors (Lipinski definition) is 2. The Hall–Kier alpha value is -2.79. The Morgan fingerprint density at radius 3 is 2.17 bits per heavy atom. The quantitative estimate of drug-likeness (QED) is 0.492. The summed E-state index contributed by atoms with van der Waals surface area (Å²) in [4.78, 5) is 12.0. The van der Waals surface area contributed by atoms with Crippen molar-refractivity contribution in [1.82, 2.24) is 4.72 Å². The summed E-state index contributed by atoms with van der Waals surface area (Å²) in [5.41, 5.74) is -4.07. The molecule has 7 nitrogen and oxygen atoms in total. The summed E-state index contributed by atoms with van der Waals surface area (Å²) in [6, 6.07) is 11.8. The minimum absolute atomic E-state index is 0.0377. The first-order valence-corrected chi connectivity index (χ1v) is 9.80. The average Bonchev–Trinajstić information content (AvgIpc) is 2.67. The molecule has 2 N–H and O–H groups in total. The number of halogens is 3. The first kappa shape index (κ1) is 22.5. The summed E-state index contributed by atoms with van der Waals surface area (Å²) in [6.45, 7) is 0.894. The Kier molecular flexibility index (Phi) is 6.75. The third-order valence-electron chi connectivity index (χ3n) is 3.78. The van der Waals surface area contributed by atoms with Crippen LogP contribution in [0.25, 0.3) is 0 Å². The molecule has 2 aromatic carbocycles. The van der Waals surface area contributed by atoms with Crippen LogP contribution < -0.4 is 14.8 Å². The van der Waals surface area contributed by atoms with E-state index in [2.05, 4.69) is 4.74 Å². The fourth-order valence-corrected chi connectivity index (χ4v) is 3.70. The van der Waals surface area contributed by atoms with Crippen molar-refractivity contribution in [3.8, 4) is 5.75 Å². The van der Waals surface area contributed by atoms with Crippen LogP contribution in [0, 0.1) is 0 Å². The Bertz CT molecular complexity index is 951. The monoisotopic (exact) mass is 432 g/mol. The second-order valence-corrected chi connectivity index (χ2v) is 7.39. The first-order valence-electron chi connectivity index (χ1n) is 8.31. The van der Waals surface area contributed by atoms with Gasteiger partial charge < -0.3 is 14.8 Å². The van der Waals surface area contributed by atoms with E-state index in [-0.39, 0.29) is 11.4 Å². The lowest BCUT2D eigenvalue weighted by atomic mass is 10.1. The maximum Gasteiger partial charge on any atom is 0.437 e. The number of hydrogen-bond acceptors (Lipinski definition) is 6. The fourth-order valence-electron chi connectivity index (χ4n) is 2.41. The van der Waals surface area contributed by atoms with Gasteiger partial charge in [0, 0.05) is 0 Å². The first-order chi connectivity index (χ1) is 13.6. The van der Waals surface area contributed by atoms with Crippen molar-refractivity contribution < 1.29 is 35.9 Å². The molecule has 2 aromatic rings. The van der Waals surface area contributed by atoms with Gasteiger partial charge in [-0.3, -0.25) is 0 Å². The fraction of sp³-hybridized carbons (Fsp3) is 0.278. The topological polar surface area (TPSA) is 93.7 Å². The zero-order valence-electron chi connectivity index (χ0n) is 15.5. The Morgan fingerprint density at radius 2 is 1.62 bits per heavy atom. The van der Waals surface area contributed by atoms with Crippen LogP contribution in [0.3, 0.4) is 0 Å². The highest BCUT2D eigenvalue weighted by molar-refractivity contribution is 7.89. The summed E-state index contributed by atoms with van der Waals surface area (Å²) in [7, 11) is -3.56. The van der Waals surface area contributed by atoms with Crippen molar-refractivity contribution in [3.63, 3.8) is 0 Å². The lowest BCUT2D eigenvalue weighted by Crippen LogP contribution is -2.69. The van der Waals surface area contributed by atoms with E-state index in [1.54, 1.807) is 0 Å². The van der Waals surface area contributed by atoms with Crippen LogP contribution >= 0.6 is 0 Å². The molecule has 0 amide bonds. The molecule has 0 fully saturated rings. The molecule has 11 heteroatoms. The molecule has 29 heavy (non-hydrogen) atoms. The zero-order valence-corrected chi connectivity index (χ0v) is 16.3. The molecule has 2 rings (SSSR count). The van der Waals surface area contributed by atoms with E-state index in [9.17, 15) is 26.4 Å². The highest BCUT2D eigenvalue weighted by atomic mass is 32.2. The third-order valence-corrected chi connectivity index (χ3v) is 5.24. The van der Waals surface area contributed by atoms with Crippen LogP contribution in [0.2, 0.25) is 0 Å². The molecule has 0 heterocycles. The van der Waals surface area contributed by atoms with Crippen LogP contribution in [-0.2, 0) is 19.6 Å². The summed E-state index contributed by atoms with van der Waals surface area (Å²) in [5, 5.41) is 1.95. The Morgan fingerprint density at radius 1 is 1.03 bits per heavy atom. The van der Waals surface area contributed by atoms with Gasteiger partial charge in [0.25, 0.3) is 5.66 Å². The number of para-hydroxylation sites is 2. The minimum atomic E-state index is -5.41. The van der Waals surface area contributed by atoms with Gasteiger partial charge in [0.05, 0.1) is 24.3 Å². The van der Waals surface area contributed by atoms with E-state index >= 15 is 0 Å². The van der Waals surface area contributed by atoms with Crippen molar-refractivity contribution in [3.05, 3.63) is 54.6 Å². The molecule has 158 valence electrons. The molecule has 0 aromatic heterocycles. The summed E-state index contributed by atoms with van der Waals surface area (Å²) in [6.07, 6.45) is -5.41. The van der Waals surface area contributed by atoms with Gasteiger partial charge in [-0.15, -0.1) is 0 Å². The molecule has 0 saturated heterocycles. The minimum Gasteiger partial charge on any atom is -0.495 e. The van der Waals surface area contributed by atoms with Gasteiger partial charge in [0.2, 0.25) is 10.0 Å². The lowest BCUT2D eigenvalue weighted by molar-refractivity contribution is -0.202. The van der Waals surface area contributed by atoms with Gasteiger partial charge in [0.15, 0.2) is 0 Å². The smallest absolute Gasteiger partial charge is 0.437 e. The van der Waals surface area contributed by atoms with Crippen LogP contribution in [0.5, 0.6) is 5.75 Å². The summed E-state index contributed by atoms with van der Waals surface area (Å²) in [5.74, 6) is -1.90. The van der Waals surface area contributed by atoms with E-state index in [4.69, 9.17) is 4.74 Å². The molecule has 0 aliphatic heterocycles. The second-order valence-electron chi connectivity index (χ2n) is 5.71. The van der Waals surface area contributed by atoms with Gasteiger partial charge >= 0.3 is 12.1 Å². The maximum atomic E-state index is 14.2. The average molecular weight is 432 g/mol. The normalized spacial score (nSPS) is 14.0. The van der Waals surface area contributed by atoms with Crippen LogP contribution in [0.15, 0.2) is 59.5 Å². The number of sulfonamides is 1. The number of carbonyl (C=O) groups excluding carboxylic acids is 1. The predicted octanol–water partition coefficient (Wildman–Crippen LogP) is 2.91. The largest absolute Gasteiger partial charge is 0.495 e. The summed E-state index contributed by atoms with van der Waals surface area (Å²) < 4.78 is 78.9. The number of methoxy groups -OCH3 is 1. The molecule has 0 aliphatic carbocycles. The van der Waals surface area contributed by atoms with Gasteiger partial charge in [-0.1, -0.05) is 30.3 Å². The van der Waals surface area contributed by atoms with E-state index in [0.29, 0.717) is 0 Å². The van der Waals surface area contributed by atoms with Crippen molar-refractivity contribution in [2.75, 3.05) is 19.0 Å². The molecule has 0 bridgehead atoms. The lowest BCUT2D eigenvalue weighted by Gasteiger charge is -2.35. The molecule has 0 spiro atoms. The van der Waals surface area contributed by atoms with Crippen molar-refractivity contribution in [2.24, 2.45) is 0 Å². The number of rotatable bonds is 8. The zero-order chi connectivity index (χ0) is 21.7. The van der Waals surface area contributed by atoms with Crippen molar-refractivity contribution in [2.45, 2.75) is 23.7 Å². The van der Waals surface area contributed by atoms with E-state index < -0.39 is 39.3 Å². The molecule has 0 aliphatic rings. The molecule has 0 radical (unpaired) electrons. The number of nitrogens with one attached hydrogen (secondary N) is 2. The van der Waals surface area contributed by atoms with E-state index in [1.807, 2.05) is 5.32 Å². The number of anilines is 1. The Labute approximate surface area is 165 Å². The second kappa shape index (κ2) is 8.70. The van der Waals surface area contributed by atoms with Gasteiger partial charge in [-0.05, 0) is 31.2 Å². The molecule has 0 saturated carbocycles. The number of esters is 1. The molecule has 1 atom stereocenters. The van der Waals surface area contributed by atoms with E-state index in [0.717, 1.165) is 12.1 Å². The van der Waals surface area contributed by atoms with Crippen LogP contribution in [0.1, 0.15) is 6.92 Å². The van der Waals surface area contributed by atoms with Crippen LogP contribution in [-0.4, -0.2) is 39.9 Å². The Balaban J connectivity index is 2.64.